The fourth-order valence-corrected chi connectivity index (χ4v) is 5.87. The zero-order valence-corrected chi connectivity index (χ0v) is 25.6. The van der Waals surface area contributed by atoms with Crippen molar-refractivity contribution in [3.8, 4) is 5.75 Å². The van der Waals surface area contributed by atoms with E-state index < -0.39 is 21.3 Å². The molecule has 0 amide bonds. The molecule has 0 radical (unpaired) electrons. The fourth-order valence-electron chi connectivity index (χ4n) is 4.97. The summed E-state index contributed by atoms with van der Waals surface area (Å²) in [4.78, 5) is 8.66. The van der Waals surface area contributed by atoms with Crippen molar-refractivity contribution >= 4 is 43.8 Å². The second-order valence-corrected chi connectivity index (χ2v) is 13.3. The van der Waals surface area contributed by atoms with Gasteiger partial charge in [-0.15, -0.1) is 0 Å². The van der Waals surface area contributed by atoms with Crippen molar-refractivity contribution in [1.82, 2.24) is 9.97 Å². The van der Waals surface area contributed by atoms with Gasteiger partial charge in [0.2, 0.25) is 0 Å². The fraction of sp³-hybridized carbons (Fsp3) is 0.312. The molecule has 2 heterocycles. The number of ether oxygens (including phenoxy) is 3. The Morgan fingerprint density at radius 3 is 2.70 bits per heavy atom. The summed E-state index contributed by atoms with van der Waals surface area (Å²) >= 11 is 6.49. The van der Waals surface area contributed by atoms with E-state index in [1.165, 1.54) is 24.5 Å². The Morgan fingerprint density at radius 2 is 1.95 bits per heavy atom. The SMILES string of the molecule is CCS(=O)(=O)CCOCCCC1(c2cc3c(Nc4ccc(OCc5cccc(F)c5)c(Cl)c4)ncnc3cc2F)CC=CO1. The highest BCUT2D eigenvalue weighted by Crippen LogP contribution is 2.42. The molecule has 4 aromatic rings. The van der Waals surface area contributed by atoms with Crippen LogP contribution in [0.4, 0.5) is 20.3 Å². The van der Waals surface area contributed by atoms with E-state index in [0.29, 0.717) is 70.2 Å². The molecule has 1 N–H and O–H groups in total. The minimum Gasteiger partial charge on any atom is -0.490 e. The summed E-state index contributed by atoms with van der Waals surface area (Å²) in [7, 11) is -3.10. The number of nitrogens with zero attached hydrogens (tertiary/aromatic N) is 2. The van der Waals surface area contributed by atoms with E-state index in [9.17, 15) is 12.8 Å². The van der Waals surface area contributed by atoms with E-state index in [4.69, 9.17) is 25.8 Å². The molecule has 1 unspecified atom stereocenters. The molecule has 3 aromatic carbocycles. The van der Waals surface area contributed by atoms with Crippen LogP contribution in [0.1, 0.15) is 37.3 Å². The average molecular weight is 644 g/mol. The van der Waals surface area contributed by atoms with Crippen molar-refractivity contribution in [2.75, 3.05) is 30.0 Å². The van der Waals surface area contributed by atoms with Crippen LogP contribution in [-0.2, 0) is 31.5 Å². The number of anilines is 2. The lowest BCUT2D eigenvalue weighted by Gasteiger charge is -2.30. The van der Waals surface area contributed by atoms with Crippen LogP contribution in [0.5, 0.6) is 5.75 Å². The van der Waals surface area contributed by atoms with Gasteiger partial charge in [0.15, 0.2) is 9.84 Å². The summed E-state index contributed by atoms with van der Waals surface area (Å²) in [5, 5.41) is 4.17. The predicted octanol–water partition coefficient (Wildman–Crippen LogP) is 7.24. The molecule has 0 saturated heterocycles. The lowest BCUT2D eigenvalue weighted by atomic mass is 9.85. The zero-order chi connectivity index (χ0) is 31.2. The smallest absolute Gasteiger partial charge is 0.152 e. The largest absolute Gasteiger partial charge is 0.490 e. The Labute approximate surface area is 260 Å². The number of nitrogens with one attached hydrogen (secondary N) is 1. The third kappa shape index (κ3) is 7.64. The van der Waals surface area contributed by atoms with Crippen LogP contribution in [-0.4, -0.2) is 43.1 Å². The van der Waals surface area contributed by atoms with E-state index in [-0.39, 0.29) is 30.5 Å². The van der Waals surface area contributed by atoms with Crippen LogP contribution in [0, 0.1) is 11.6 Å². The van der Waals surface area contributed by atoms with Gasteiger partial charge >= 0.3 is 0 Å². The number of aromatic nitrogens is 2. The molecule has 0 saturated carbocycles. The van der Waals surface area contributed by atoms with E-state index in [0.717, 1.165) is 0 Å². The normalized spacial score (nSPS) is 16.3. The summed E-state index contributed by atoms with van der Waals surface area (Å²) in [5.41, 5.74) is 1.11. The highest BCUT2D eigenvalue weighted by atomic mass is 35.5. The molecule has 0 spiro atoms. The molecule has 44 heavy (non-hydrogen) atoms. The Bertz CT molecular complexity index is 1760. The van der Waals surface area contributed by atoms with Crippen LogP contribution >= 0.6 is 11.6 Å². The molecule has 1 aromatic heterocycles. The summed E-state index contributed by atoms with van der Waals surface area (Å²) in [5.74, 6) is 0.126. The van der Waals surface area contributed by atoms with Crippen molar-refractivity contribution < 1.29 is 31.4 Å². The number of fused-ring (bicyclic) bond motifs is 1. The molecule has 5 rings (SSSR count). The highest BCUT2D eigenvalue weighted by molar-refractivity contribution is 7.91. The standard InChI is InChI=1S/C32H32ClF2N3O5S/c1-2-44(39,40)15-14-41-12-4-10-32(11-5-13-43-32)26-18-25-29(19-28(26)35)36-21-37-31(25)38-24-8-9-30(27(33)17-24)42-20-22-6-3-7-23(34)16-22/h3,5-9,13,16-19,21H,2,4,10-12,14-15,20H2,1H3,(H,36,37,38). The van der Waals surface area contributed by atoms with Crippen LogP contribution in [0.15, 0.2) is 73.3 Å². The molecular formula is C32H32ClF2N3O5S. The molecule has 0 aliphatic carbocycles. The lowest BCUT2D eigenvalue weighted by Crippen LogP contribution is -2.27. The second-order valence-electron chi connectivity index (χ2n) is 10.4. The van der Waals surface area contributed by atoms with Gasteiger partial charge < -0.3 is 19.5 Å². The van der Waals surface area contributed by atoms with Gasteiger partial charge in [-0.3, -0.25) is 0 Å². The third-order valence-electron chi connectivity index (χ3n) is 7.38. The highest BCUT2D eigenvalue weighted by Gasteiger charge is 2.38. The van der Waals surface area contributed by atoms with Crippen molar-refractivity contribution in [1.29, 1.82) is 0 Å². The molecule has 1 aliphatic rings. The van der Waals surface area contributed by atoms with Gasteiger partial charge in [0, 0.05) is 41.5 Å². The molecule has 0 fully saturated rings. The number of halogens is 3. The zero-order valence-electron chi connectivity index (χ0n) is 24.1. The maximum Gasteiger partial charge on any atom is 0.152 e. The van der Waals surface area contributed by atoms with Crippen LogP contribution in [0.25, 0.3) is 10.9 Å². The maximum atomic E-state index is 15.6. The topological polar surface area (TPSA) is 99.6 Å². The number of rotatable bonds is 14. The molecule has 8 nitrogen and oxygen atoms in total. The molecule has 232 valence electrons. The number of benzene rings is 3. The Morgan fingerprint density at radius 1 is 1.09 bits per heavy atom. The summed E-state index contributed by atoms with van der Waals surface area (Å²) in [6.07, 6.45) is 6.21. The number of hydrogen-bond donors (Lipinski definition) is 1. The third-order valence-corrected chi connectivity index (χ3v) is 9.34. The van der Waals surface area contributed by atoms with Gasteiger partial charge in [0.05, 0.1) is 29.2 Å². The lowest BCUT2D eigenvalue weighted by molar-refractivity contribution is 0.0181. The second kappa shape index (κ2) is 13.9. The first-order chi connectivity index (χ1) is 21.2. The van der Waals surface area contributed by atoms with Crippen LogP contribution < -0.4 is 10.1 Å². The van der Waals surface area contributed by atoms with Gasteiger partial charge in [0.25, 0.3) is 0 Å². The Hall–Kier alpha value is -3.80. The first-order valence-electron chi connectivity index (χ1n) is 14.2. The van der Waals surface area contributed by atoms with Gasteiger partial charge in [-0.2, -0.15) is 0 Å². The Kier molecular flexibility index (Phi) is 9.97. The quantitative estimate of drug-likeness (QED) is 0.144. The van der Waals surface area contributed by atoms with Gasteiger partial charge in [0.1, 0.15) is 41.7 Å². The maximum absolute atomic E-state index is 15.6. The predicted molar refractivity (Wildman–Crippen MR) is 166 cm³/mol. The van der Waals surface area contributed by atoms with Gasteiger partial charge in [-0.1, -0.05) is 30.7 Å². The number of hydrogen-bond acceptors (Lipinski definition) is 8. The minimum atomic E-state index is -3.10. The minimum absolute atomic E-state index is 0.0301. The molecule has 0 bridgehead atoms. The molecule has 1 atom stereocenters. The van der Waals surface area contributed by atoms with E-state index in [1.54, 1.807) is 49.6 Å². The molecule has 1 aliphatic heterocycles. The average Bonchev–Trinajstić information content (AvgIpc) is 3.48. The molecular weight excluding hydrogens is 612 g/mol. The summed E-state index contributed by atoms with van der Waals surface area (Å²) in [6, 6.07) is 14.4. The summed E-state index contributed by atoms with van der Waals surface area (Å²) < 4.78 is 69.7. The van der Waals surface area contributed by atoms with E-state index in [1.807, 2.05) is 6.08 Å². The number of sulfone groups is 1. The first-order valence-corrected chi connectivity index (χ1v) is 16.4. The van der Waals surface area contributed by atoms with Gasteiger partial charge in [-0.05, 0) is 60.9 Å². The van der Waals surface area contributed by atoms with Gasteiger partial charge in [-0.25, -0.2) is 27.2 Å². The first kappa shape index (κ1) is 31.6. The van der Waals surface area contributed by atoms with Crippen molar-refractivity contribution in [2.24, 2.45) is 0 Å². The van der Waals surface area contributed by atoms with Crippen molar-refractivity contribution in [3.05, 3.63) is 101 Å². The van der Waals surface area contributed by atoms with E-state index in [2.05, 4.69) is 15.3 Å². The van der Waals surface area contributed by atoms with Crippen molar-refractivity contribution in [2.45, 2.75) is 38.4 Å². The van der Waals surface area contributed by atoms with Crippen LogP contribution in [0.2, 0.25) is 5.02 Å². The van der Waals surface area contributed by atoms with Crippen molar-refractivity contribution in [3.63, 3.8) is 0 Å². The molecule has 12 heteroatoms. The van der Waals surface area contributed by atoms with E-state index >= 15 is 4.39 Å². The monoisotopic (exact) mass is 643 g/mol. The Balaban J connectivity index is 1.31. The summed E-state index contributed by atoms with van der Waals surface area (Å²) in [6.45, 7) is 2.19. The van der Waals surface area contributed by atoms with Crippen LogP contribution in [0.3, 0.4) is 0 Å².